The monoisotopic (exact) mass is 338 g/mol. The molecule has 0 bridgehead atoms. The average Bonchev–Trinajstić information content (AvgIpc) is 2.51. The Labute approximate surface area is 136 Å². The van der Waals surface area contributed by atoms with Gasteiger partial charge in [0.1, 0.15) is 12.4 Å². The van der Waals surface area contributed by atoms with Crippen molar-refractivity contribution in [2.75, 3.05) is 59.0 Å². The summed E-state index contributed by atoms with van der Waals surface area (Å²) in [6.45, 7) is 7.81. The predicted octanol–water partition coefficient (Wildman–Crippen LogP) is 1.96. The SMILES string of the molecule is C=C(/C=C\C=N)OCCOCCOCCOCCN.CSF. The average molecular weight is 338 g/mol. The highest BCUT2D eigenvalue weighted by Gasteiger charge is 1.92. The molecule has 0 aromatic rings. The van der Waals surface area contributed by atoms with Crippen LogP contribution in [0.2, 0.25) is 0 Å². The van der Waals surface area contributed by atoms with Gasteiger partial charge >= 0.3 is 0 Å². The summed E-state index contributed by atoms with van der Waals surface area (Å²) in [5.74, 6) is 0.514. The smallest absolute Gasteiger partial charge is 0.112 e. The van der Waals surface area contributed by atoms with Crippen LogP contribution in [-0.2, 0) is 18.9 Å². The Bertz CT molecular complexity index is 282. The maximum absolute atomic E-state index is 10.2. The van der Waals surface area contributed by atoms with Crippen molar-refractivity contribution in [2.24, 2.45) is 5.73 Å². The van der Waals surface area contributed by atoms with E-state index in [1.54, 1.807) is 12.2 Å². The second kappa shape index (κ2) is 22.4. The first-order chi connectivity index (χ1) is 10.7. The highest BCUT2D eigenvalue weighted by atomic mass is 32.2. The van der Waals surface area contributed by atoms with Crippen LogP contribution in [0, 0.1) is 5.41 Å². The Morgan fingerprint density at radius 2 is 1.55 bits per heavy atom. The molecule has 0 spiro atoms. The number of hydrogen-bond acceptors (Lipinski definition) is 7. The second-order valence-corrected chi connectivity index (χ2v) is 3.93. The molecule has 0 atom stereocenters. The van der Waals surface area contributed by atoms with Gasteiger partial charge < -0.3 is 30.1 Å². The van der Waals surface area contributed by atoms with Crippen molar-refractivity contribution in [2.45, 2.75) is 0 Å². The zero-order valence-electron chi connectivity index (χ0n) is 13.1. The summed E-state index contributed by atoms with van der Waals surface area (Å²) < 4.78 is 31.2. The predicted molar refractivity (Wildman–Crippen MR) is 89.2 cm³/mol. The van der Waals surface area contributed by atoms with Crippen LogP contribution >= 0.6 is 12.1 Å². The highest BCUT2D eigenvalue weighted by molar-refractivity contribution is 7.93. The lowest BCUT2D eigenvalue weighted by atomic mass is 10.4. The van der Waals surface area contributed by atoms with Crippen molar-refractivity contribution < 1.29 is 22.8 Å². The highest BCUT2D eigenvalue weighted by Crippen LogP contribution is 1.94. The molecule has 0 aromatic carbocycles. The number of allylic oxidation sites excluding steroid dienone is 2. The summed E-state index contributed by atoms with van der Waals surface area (Å²) in [7, 11) is 0. The van der Waals surface area contributed by atoms with E-state index in [-0.39, 0.29) is 12.1 Å². The molecule has 6 nitrogen and oxygen atoms in total. The van der Waals surface area contributed by atoms with Gasteiger partial charge in [-0.15, -0.1) is 0 Å². The van der Waals surface area contributed by atoms with Crippen LogP contribution in [0.4, 0.5) is 3.89 Å². The molecule has 0 heterocycles. The van der Waals surface area contributed by atoms with E-state index in [0.29, 0.717) is 58.6 Å². The molecule has 0 radical (unpaired) electrons. The van der Waals surface area contributed by atoms with Gasteiger partial charge in [0.2, 0.25) is 0 Å². The molecule has 0 saturated heterocycles. The molecule has 8 heteroatoms. The zero-order valence-corrected chi connectivity index (χ0v) is 13.9. The Kier molecular flexibility index (Phi) is 23.7. The number of hydrogen-bond donors (Lipinski definition) is 2. The van der Waals surface area contributed by atoms with Crippen molar-refractivity contribution in [3.8, 4) is 0 Å². The molecule has 0 aliphatic rings. The fourth-order valence-electron chi connectivity index (χ4n) is 1.06. The molecule has 0 fully saturated rings. The van der Waals surface area contributed by atoms with Gasteiger partial charge in [0.15, 0.2) is 0 Å². The summed E-state index contributed by atoms with van der Waals surface area (Å²) in [5.41, 5.74) is 5.27. The first-order valence-corrected chi connectivity index (χ1v) is 7.92. The van der Waals surface area contributed by atoms with Gasteiger partial charge in [-0.3, -0.25) is 0 Å². The minimum absolute atomic E-state index is 0.250. The minimum atomic E-state index is 0.250. The molecule has 0 aromatic heterocycles. The summed E-state index contributed by atoms with van der Waals surface area (Å²) in [6.07, 6.45) is 5.71. The molecular formula is C14H27FN2O4S. The van der Waals surface area contributed by atoms with Gasteiger partial charge in [0.05, 0.1) is 39.6 Å². The maximum atomic E-state index is 10.2. The largest absolute Gasteiger partial charge is 0.492 e. The van der Waals surface area contributed by atoms with Gasteiger partial charge in [0, 0.05) is 31.2 Å². The third-order valence-corrected chi connectivity index (χ3v) is 1.90. The maximum Gasteiger partial charge on any atom is 0.112 e. The van der Waals surface area contributed by atoms with Gasteiger partial charge in [-0.25, -0.2) is 0 Å². The van der Waals surface area contributed by atoms with E-state index >= 15 is 0 Å². The van der Waals surface area contributed by atoms with E-state index in [4.69, 9.17) is 30.1 Å². The quantitative estimate of drug-likeness (QED) is 0.218. The van der Waals surface area contributed by atoms with Crippen molar-refractivity contribution in [1.29, 1.82) is 5.41 Å². The van der Waals surface area contributed by atoms with Crippen molar-refractivity contribution in [1.82, 2.24) is 0 Å². The summed E-state index contributed by atoms with van der Waals surface area (Å²) in [4.78, 5) is 0. The molecular weight excluding hydrogens is 311 g/mol. The molecule has 0 aliphatic carbocycles. The molecule has 0 aliphatic heterocycles. The van der Waals surface area contributed by atoms with Crippen LogP contribution in [0.3, 0.4) is 0 Å². The molecule has 0 saturated carbocycles. The van der Waals surface area contributed by atoms with E-state index in [0.717, 1.165) is 0 Å². The molecule has 0 amide bonds. The molecule has 0 rings (SSSR count). The third-order valence-electron chi connectivity index (χ3n) is 1.90. The van der Waals surface area contributed by atoms with E-state index < -0.39 is 0 Å². The minimum Gasteiger partial charge on any atom is -0.492 e. The topological polar surface area (TPSA) is 86.8 Å². The molecule has 22 heavy (non-hydrogen) atoms. The van der Waals surface area contributed by atoms with Crippen molar-refractivity contribution in [3.63, 3.8) is 0 Å². The summed E-state index contributed by atoms with van der Waals surface area (Å²) >= 11 is 0.250. The van der Waals surface area contributed by atoms with E-state index in [1.165, 1.54) is 12.5 Å². The fourth-order valence-corrected chi connectivity index (χ4v) is 1.06. The lowest BCUT2D eigenvalue weighted by Crippen LogP contribution is -2.14. The first-order valence-electron chi connectivity index (χ1n) is 6.79. The van der Waals surface area contributed by atoms with Gasteiger partial charge in [-0.2, -0.15) is 3.89 Å². The van der Waals surface area contributed by atoms with Crippen LogP contribution in [-0.4, -0.2) is 65.3 Å². The standard InChI is InChI=1S/C13H24N2O4.CH3FS/c1-13(3-2-4-14)19-12-11-18-10-9-17-8-7-16-6-5-15;1-3-2/h2-4,14H,1,5-12,15H2;1H3/b3-2-,14-4?;. The molecule has 0 unspecified atom stereocenters. The van der Waals surface area contributed by atoms with Crippen molar-refractivity contribution >= 4 is 18.4 Å². The number of nitrogens with two attached hydrogens (primary N) is 1. The lowest BCUT2D eigenvalue weighted by molar-refractivity contribution is 0.00655. The van der Waals surface area contributed by atoms with Crippen molar-refractivity contribution in [3.05, 3.63) is 24.5 Å². The Hall–Kier alpha value is -0.930. The van der Waals surface area contributed by atoms with E-state index in [1.807, 2.05) is 0 Å². The molecule has 3 N–H and O–H groups in total. The second-order valence-electron chi connectivity index (χ2n) is 3.62. The summed E-state index contributed by atoms with van der Waals surface area (Å²) in [5, 5.41) is 6.79. The number of nitrogens with one attached hydrogen (secondary N) is 1. The Morgan fingerprint density at radius 3 is 2.00 bits per heavy atom. The van der Waals surface area contributed by atoms with Gasteiger partial charge in [-0.05, 0) is 12.2 Å². The van der Waals surface area contributed by atoms with Gasteiger partial charge in [0.25, 0.3) is 0 Å². The van der Waals surface area contributed by atoms with Crippen LogP contribution in [0.15, 0.2) is 24.5 Å². The lowest BCUT2D eigenvalue weighted by Gasteiger charge is -2.07. The number of halogens is 1. The van der Waals surface area contributed by atoms with E-state index in [2.05, 4.69) is 6.58 Å². The molecule has 130 valence electrons. The zero-order chi connectivity index (χ0) is 16.9. The fraction of sp³-hybridized carbons (Fsp3) is 0.643. The third kappa shape index (κ3) is 24.1. The van der Waals surface area contributed by atoms with Crippen LogP contribution in [0.5, 0.6) is 0 Å². The Morgan fingerprint density at radius 1 is 1.09 bits per heavy atom. The number of rotatable bonds is 14. The van der Waals surface area contributed by atoms with Crippen LogP contribution in [0.1, 0.15) is 0 Å². The Balaban J connectivity index is 0. The summed E-state index contributed by atoms with van der Waals surface area (Å²) in [6, 6.07) is 0. The van der Waals surface area contributed by atoms with Gasteiger partial charge in [-0.1, -0.05) is 6.58 Å². The number of ether oxygens (including phenoxy) is 4. The first kappa shape index (κ1) is 23.3. The van der Waals surface area contributed by atoms with Crippen LogP contribution < -0.4 is 5.73 Å². The van der Waals surface area contributed by atoms with E-state index in [9.17, 15) is 3.89 Å². The normalized spacial score (nSPS) is 10.1. The van der Waals surface area contributed by atoms with Crippen LogP contribution in [0.25, 0.3) is 0 Å².